The molecule has 1 aromatic carbocycles. The largest absolute Gasteiger partial charge is 0.313 e. The summed E-state index contributed by atoms with van der Waals surface area (Å²) < 4.78 is 26.5. The Labute approximate surface area is 123 Å². The number of hydrogen-bond donors (Lipinski definition) is 1. The first kappa shape index (κ1) is 17.1. The van der Waals surface area contributed by atoms with Crippen molar-refractivity contribution in [1.29, 1.82) is 0 Å². The molecule has 0 spiro atoms. The van der Waals surface area contributed by atoms with Gasteiger partial charge >= 0.3 is 0 Å². The molecule has 0 amide bonds. The quantitative estimate of drug-likeness (QED) is 0.750. The lowest BCUT2D eigenvalue weighted by molar-refractivity contribution is 0.468. The summed E-state index contributed by atoms with van der Waals surface area (Å²) in [5, 5.41) is 3.32. The van der Waals surface area contributed by atoms with Crippen molar-refractivity contribution < 1.29 is 8.42 Å². The van der Waals surface area contributed by atoms with Gasteiger partial charge in [-0.1, -0.05) is 26.0 Å². The van der Waals surface area contributed by atoms with Crippen LogP contribution in [0.5, 0.6) is 0 Å². The Kier molecular flexibility index (Phi) is 6.65. The maximum Gasteiger partial charge on any atom is 0.243 e. The summed E-state index contributed by atoms with van der Waals surface area (Å²) in [6.07, 6.45) is 1.88. The molecule has 114 valence electrons. The molecular weight excluding hydrogens is 272 g/mol. The Morgan fingerprint density at radius 3 is 2.50 bits per heavy atom. The second-order valence-electron chi connectivity index (χ2n) is 5.04. The number of rotatable bonds is 8. The second kappa shape index (κ2) is 7.76. The molecule has 20 heavy (non-hydrogen) atoms. The standard InChI is InChI=1S/C15H26N2O2S/c1-5-10-16-12-14-8-7-9-15(13(14)3)20(18,19)17(4)11-6-2/h7-9,16H,5-6,10-12H2,1-4H3. The zero-order valence-electron chi connectivity index (χ0n) is 12.9. The van der Waals surface area contributed by atoms with Gasteiger partial charge in [0.25, 0.3) is 0 Å². The Hall–Kier alpha value is -0.910. The highest BCUT2D eigenvalue weighted by atomic mass is 32.2. The van der Waals surface area contributed by atoms with E-state index in [9.17, 15) is 8.42 Å². The minimum Gasteiger partial charge on any atom is -0.313 e. The molecule has 1 aromatic rings. The van der Waals surface area contributed by atoms with E-state index in [4.69, 9.17) is 0 Å². The molecule has 1 rings (SSSR count). The molecule has 0 fully saturated rings. The summed E-state index contributed by atoms with van der Waals surface area (Å²) in [7, 11) is -1.74. The Morgan fingerprint density at radius 2 is 1.90 bits per heavy atom. The lowest BCUT2D eigenvalue weighted by Crippen LogP contribution is -2.28. The predicted octanol–water partition coefficient (Wildman–Crippen LogP) is 2.53. The molecule has 0 aliphatic rings. The summed E-state index contributed by atoms with van der Waals surface area (Å²) in [4.78, 5) is 0.421. The molecule has 5 heteroatoms. The van der Waals surface area contributed by atoms with Gasteiger partial charge in [0.05, 0.1) is 4.90 Å². The number of sulfonamides is 1. The van der Waals surface area contributed by atoms with Crippen LogP contribution in [0, 0.1) is 6.92 Å². The Morgan fingerprint density at radius 1 is 1.20 bits per heavy atom. The fourth-order valence-corrected chi connectivity index (χ4v) is 3.66. The van der Waals surface area contributed by atoms with Gasteiger partial charge in [0.2, 0.25) is 10.0 Å². The van der Waals surface area contributed by atoms with Gasteiger partial charge in [0.15, 0.2) is 0 Å². The van der Waals surface area contributed by atoms with Crippen LogP contribution in [0.15, 0.2) is 23.1 Å². The highest BCUT2D eigenvalue weighted by Crippen LogP contribution is 2.22. The summed E-state index contributed by atoms with van der Waals surface area (Å²) in [5.41, 5.74) is 1.89. The molecule has 0 atom stereocenters. The molecule has 0 bridgehead atoms. The summed E-state index contributed by atoms with van der Waals surface area (Å²) in [6.45, 7) is 8.16. The molecule has 0 unspecified atom stereocenters. The first-order chi connectivity index (χ1) is 9.45. The van der Waals surface area contributed by atoms with E-state index < -0.39 is 10.0 Å². The molecule has 0 aliphatic heterocycles. The van der Waals surface area contributed by atoms with Gasteiger partial charge in [0, 0.05) is 20.1 Å². The maximum atomic E-state index is 12.5. The molecule has 4 nitrogen and oxygen atoms in total. The van der Waals surface area contributed by atoms with Crippen molar-refractivity contribution in [3.63, 3.8) is 0 Å². The molecule has 1 N–H and O–H groups in total. The van der Waals surface area contributed by atoms with Crippen LogP contribution in [-0.4, -0.2) is 32.9 Å². The van der Waals surface area contributed by atoms with Crippen LogP contribution in [0.4, 0.5) is 0 Å². The van der Waals surface area contributed by atoms with Crippen molar-refractivity contribution in [1.82, 2.24) is 9.62 Å². The first-order valence-electron chi connectivity index (χ1n) is 7.20. The third-order valence-corrected chi connectivity index (χ3v) is 5.37. The average Bonchev–Trinajstić information content (AvgIpc) is 2.41. The molecular formula is C15H26N2O2S. The van der Waals surface area contributed by atoms with E-state index in [1.807, 2.05) is 26.0 Å². The van der Waals surface area contributed by atoms with Gasteiger partial charge in [-0.15, -0.1) is 0 Å². The Bertz CT molecular complexity index is 527. The van der Waals surface area contributed by atoms with Gasteiger partial charge in [-0.25, -0.2) is 12.7 Å². The normalized spacial score (nSPS) is 12.1. The first-order valence-corrected chi connectivity index (χ1v) is 8.64. The van der Waals surface area contributed by atoms with Gasteiger partial charge < -0.3 is 5.32 Å². The fourth-order valence-electron chi connectivity index (χ4n) is 2.13. The monoisotopic (exact) mass is 298 g/mol. The van der Waals surface area contributed by atoms with E-state index in [-0.39, 0.29) is 0 Å². The van der Waals surface area contributed by atoms with E-state index >= 15 is 0 Å². The maximum absolute atomic E-state index is 12.5. The molecule has 0 heterocycles. The zero-order chi connectivity index (χ0) is 15.2. The van der Waals surface area contributed by atoms with Crippen LogP contribution in [0.1, 0.15) is 37.8 Å². The fraction of sp³-hybridized carbons (Fsp3) is 0.600. The third kappa shape index (κ3) is 4.04. The van der Waals surface area contributed by atoms with E-state index in [0.717, 1.165) is 30.5 Å². The van der Waals surface area contributed by atoms with Crippen molar-refractivity contribution in [3.05, 3.63) is 29.3 Å². The van der Waals surface area contributed by atoms with Gasteiger partial charge in [0.1, 0.15) is 0 Å². The number of hydrogen-bond acceptors (Lipinski definition) is 3. The average molecular weight is 298 g/mol. The molecule has 0 saturated carbocycles. The highest BCUT2D eigenvalue weighted by molar-refractivity contribution is 7.89. The van der Waals surface area contributed by atoms with Crippen LogP contribution in [0.2, 0.25) is 0 Å². The molecule has 0 saturated heterocycles. The van der Waals surface area contributed by atoms with Crippen LogP contribution in [-0.2, 0) is 16.6 Å². The third-order valence-electron chi connectivity index (χ3n) is 3.37. The van der Waals surface area contributed by atoms with Gasteiger partial charge in [-0.05, 0) is 43.5 Å². The number of nitrogens with one attached hydrogen (secondary N) is 1. The predicted molar refractivity (Wildman–Crippen MR) is 83.3 cm³/mol. The smallest absolute Gasteiger partial charge is 0.243 e. The highest BCUT2D eigenvalue weighted by Gasteiger charge is 2.22. The summed E-state index contributed by atoms with van der Waals surface area (Å²) in [6, 6.07) is 5.50. The van der Waals surface area contributed by atoms with E-state index in [1.54, 1.807) is 13.1 Å². The van der Waals surface area contributed by atoms with Crippen LogP contribution < -0.4 is 5.32 Å². The number of benzene rings is 1. The SMILES string of the molecule is CCCNCc1cccc(S(=O)(=O)N(C)CCC)c1C. The lowest BCUT2D eigenvalue weighted by atomic mass is 10.1. The summed E-state index contributed by atoms with van der Waals surface area (Å²) in [5.74, 6) is 0. The molecule has 0 radical (unpaired) electrons. The Balaban J connectivity index is 3.04. The van der Waals surface area contributed by atoms with Crippen LogP contribution in [0.3, 0.4) is 0 Å². The van der Waals surface area contributed by atoms with Gasteiger partial charge in [-0.2, -0.15) is 0 Å². The minimum atomic E-state index is -3.38. The topological polar surface area (TPSA) is 49.4 Å². The van der Waals surface area contributed by atoms with Crippen molar-refractivity contribution >= 4 is 10.0 Å². The van der Waals surface area contributed by atoms with Crippen LogP contribution in [0.25, 0.3) is 0 Å². The van der Waals surface area contributed by atoms with Crippen molar-refractivity contribution in [2.24, 2.45) is 0 Å². The lowest BCUT2D eigenvalue weighted by Gasteiger charge is -2.19. The van der Waals surface area contributed by atoms with Crippen molar-refractivity contribution in [2.75, 3.05) is 20.1 Å². The van der Waals surface area contributed by atoms with E-state index in [0.29, 0.717) is 18.0 Å². The molecule has 0 aliphatic carbocycles. The minimum absolute atomic E-state index is 0.421. The van der Waals surface area contributed by atoms with E-state index in [1.165, 1.54) is 4.31 Å². The molecule has 0 aromatic heterocycles. The van der Waals surface area contributed by atoms with Crippen LogP contribution >= 0.6 is 0 Å². The number of nitrogens with zero attached hydrogens (tertiary/aromatic N) is 1. The second-order valence-corrected chi connectivity index (χ2v) is 7.06. The van der Waals surface area contributed by atoms with Crippen molar-refractivity contribution in [2.45, 2.75) is 45.1 Å². The van der Waals surface area contributed by atoms with Crippen molar-refractivity contribution in [3.8, 4) is 0 Å². The zero-order valence-corrected chi connectivity index (χ0v) is 13.8. The summed E-state index contributed by atoms with van der Waals surface area (Å²) >= 11 is 0. The van der Waals surface area contributed by atoms with E-state index in [2.05, 4.69) is 12.2 Å². The van der Waals surface area contributed by atoms with Gasteiger partial charge in [-0.3, -0.25) is 0 Å².